The summed E-state index contributed by atoms with van der Waals surface area (Å²) >= 11 is 0. The monoisotopic (exact) mass is 584 g/mol. The zero-order chi connectivity index (χ0) is 30.5. The van der Waals surface area contributed by atoms with E-state index >= 15 is 0 Å². The Balaban J connectivity index is 1.28. The number of pyridine rings is 2. The number of para-hydroxylation sites is 1. The van der Waals surface area contributed by atoms with Crippen LogP contribution in [0, 0.1) is 0 Å². The summed E-state index contributed by atoms with van der Waals surface area (Å²) in [6.45, 7) is 0. The second-order valence-corrected chi connectivity index (χ2v) is 11.8. The first-order valence-electron chi connectivity index (χ1n) is 15.6. The second kappa shape index (κ2) is 10.8. The van der Waals surface area contributed by atoms with Gasteiger partial charge >= 0.3 is 0 Å². The minimum absolute atomic E-state index is 1.01. The first kappa shape index (κ1) is 26.3. The third-order valence-corrected chi connectivity index (χ3v) is 9.19. The summed E-state index contributed by atoms with van der Waals surface area (Å²) in [4.78, 5) is 8.99. The van der Waals surface area contributed by atoms with E-state index < -0.39 is 0 Å². The molecule has 0 amide bonds. The lowest BCUT2D eigenvalue weighted by Crippen LogP contribution is -1.93. The molecule has 2 aromatic heterocycles. The van der Waals surface area contributed by atoms with Crippen molar-refractivity contribution in [2.75, 3.05) is 0 Å². The molecule has 0 saturated carbocycles. The number of rotatable bonds is 4. The fourth-order valence-corrected chi connectivity index (χ4v) is 7.11. The molecule has 0 fully saturated rings. The summed E-state index contributed by atoms with van der Waals surface area (Å²) in [5.74, 6) is 0. The third-order valence-electron chi connectivity index (χ3n) is 9.19. The topological polar surface area (TPSA) is 25.8 Å². The molecule has 9 aromatic rings. The van der Waals surface area contributed by atoms with Crippen molar-refractivity contribution >= 4 is 43.2 Å². The Bertz CT molecular complexity index is 2500. The fourth-order valence-electron chi connectivity index (χ4n) is 7.11. The predicted molar refractivity (Wildman–Crippen MR) is 194 cm³/mol. The molecule has 7 aromatic carbocycles. The lowest BCUT2D eigenvalue weighted by Gasteiger charge is -2.20. The largest absolute Gasteiger partial charge is 0.265 e. The van der Waals surface area contributed by atoms with Gasteiger partial charge in [-0.05, 0) is 95.5 Å². The first-order chi connectivity index (χ1) is 22.8. The third kappa shape index (κ3) is 4.27. The minimum atomic E-state index is 1.01. The van der Waals surface area contributed by atoms with Crippen LogP contribution in [-0.4, -0.2) is 9.97 Å². The van der Waals surface area contributed by atoms with E-state index in [2.05, 4.69) is 151 Å². The Morgan fingerprint density at radius 1 is 0.370 bits per heavy atom. The molecule has 0 bridgehead atoms. The Labute approximate surface area is 267 Å². The summed E-state index contributed by atoms with van der Waals surface area (Å²) < 4.78 is 0. The van der Waals surface area contributed by atoms with Crippen LogP contribution in [0.4, 0.5) is 0 Å². The van der Waals surface area contributed by atoms with E-state index in [4.69, 9.17) is 4.98 Å². The van der Waals surface area contributed by atoms with Gasteiger partial charge in [0.05, 0.1) is 5.52 Å². The van der Waals surface area contributed by atoms with Crippen LogP contribution in [0.1, 0.15) is 0 Å². The van der Waals surface area contributed by atoms with Crippen molar-refractivity contribution in [3.63, 3.8) is 0 Å². The first-order valence-corrected chi connectivity index (χ1v) is 15.6. The molecule has 2 heteroatoms. The van der Waals surface area contributed by atoms with Crippen LogP contribution in [0.15, 0.2) is 170 Å². The highest BCUT2D eigenvalue weighted by Crippen LogP contribution is 2.46. The van der Waals surface area contributed by atoms with Gasteiger partial charge in [-0.1, -0.05) is 127 Å². The molecule has 0 aliphatic rings. The van der Waals surface area contributed by atoms with Crippen molar-refractivity contribution in [2.24, 2.45) is 0 Å². The Morgan fingerprint density at radius 3 is 1.63 bits per heavy atom. The highest BCUT2D eigenvalue weighted by atomic mass is 14.6. The maximum absolute atomic E-state index is 4.70. The van der Waals surface area contributed by atoms with E-state index in [1.165, 1.54) is 65.7 Å². The van der Waals surface area contributed by atoms with Gasteiger partial charge in [-0.2, -0.15) is 0 Å². The summed E-state index contributed by atoms with van der Waals surface area (Å²) in [5, 5.41) is 8.61. The highest BCUT2D eigenvalue weighted by molar-refractivity contribution is 6.24. The zero-order valence-electron chi connectivity index (χ0n) is 25.1. The van der Waals surface area contributed by atoms with E-state index in [0.29, 0.717) is 0 Å². The minimum Gasteiger partial charge on any atom is -0.265 e. The molecule has 0 unspecified atom stereocenters. The molecular weight excluding hydrogens is 556 g/mol. The maximum atomic E-state index is 4.70. The molecule has 9 rings (SSSR count). The van der Waals surface area contributed by atoms with Gasteiger partial charge in [-0.3, -0.25) is 9.97 Å². The van der Waals surface area contributed by atoms with E-state index in [1.807, 2.05) is 24.7 Å². The van der Waals surface area contributed by atoms with Crippen LogP contribution < -0.4 is 0 Å². The van der Waals surface area contributed by atoms with Crippen LogP contribution in [0.25, 0.3) is 87.7 Å². The van der Waals surface area contributed by atoms with E-state index in [0.717, 1.165) is 22.0 Å². The van der Waals surface area contributed by atoms with Gasteiger partial charge in [0, 0.05) is 29.5 Å². The standard InChI is InChI=1S/C44H28N2/c1-6-18-41-33(9-1)27-34(28-46-41)29-19-21-32(22-20-29)43-36-12-2-4-14-38(36)44(39-15-5-3-13-37(39)43)40-17-8-11-31-10-7-16-35(42(31)40)30-23-25-45-26-24-30/h1-28H. The van der Waals surface area contributed by atoms with Crippen molar-refractivity contribution in [2.45, 2.75) is 0 Å². The summed E-state index contributed by atoms with van der Waals surface area (Å²) in [6.07, 6.45) is 5.72. The smallest absolute Gasteiger partial charge is 0.0702 e. The van der Waals surface area contributed by atoms with E-state index in [-0.39, 0.29) is 0 Å². The number of aromatic nitrogens is 2. The molecule has 0 radical (unpaired) electrons. The van der Waals surface area contributed by atoms with E-state index in [1.54, 1.807) is 0 Å². The van der Waals surface area contributed by atoms with Crippen molar-refractivity contribution in [3.8, 4) is 44.5 Å². The van der Waals surface area contributed by atoms with Crippen LogP contribution in [0.2, 0.25) is 0 Å². The Hall–Kier alpha value is -6.12. The Morgan fingerprint density at radius 2 is 0.935 bits per heavy atom. The van der Waals surface area contributed by atoms with Gasteiger partial charge < -0.3 is 0 Å². The van der Waals surface area contributed by atoms with Gasteiger partial charge in [0.25, 0.3) is 0 Å². The van der Waals surface area contributed by atoms with Crippen molar-refractivity contribution in [1.82, 2.24) is 9.97 Å². The molecule has 46 heavy (non-hydrogen) atoms. The van der Waals surface area contributed by atoms with Crippen molar-refractivity contribution in [3.05, 3.63) is 170 Å². The number of hydrogen-bond acceptors (Lipinski definition) is 2. The van der Waals surface area contributed by atoms with Gasteiger partial charge in [-0.25, -0.2) is 0 Å². The summed E-state index contributed by atoms with van der Waals surface area (Å²) in [5.41, 5.74) is 10.6. The molecule has 0 aliphatic carbocycles. The number of fused-ring (bicyclic) bond motifs is 4. The Kier molecular flexibility index (Phi) is 6.17. The maximum Gasteiger partial charge on any atom is 0.0702 e. The average molecular weight is 585 g/mol. The van der Waals surface area contributed by atoms with Crippen LogP contribution >= 0.6 is 0 Å². The molecule has 2 nitrogen and oxygen atoms in total. The number of hydrogen-bond donors (Lipinski definition) is 0. The number of benzene rings is 7. The lowest BCUT2D eigenvalue weighted by molar-refractivity contribution is 1.33. The van der Waals surface area contributed by atoms with Crippen LogP contribution in [-0.2, 0) is 0 Å². The molecule has 0 aliphatic heterocycles. The molecule has 2 heterocycles. The molecule has 0 spiro atoms. The van der Waals surface area contributed by atoms with Crippen LogP contribution in [0.3, 0.4) is 0 Å². The molecule has 214 valence electrons. The summed E-state index contributed by atoms with van der Waals surface area (Å²) in [7, 11) is 0. The molecule has 0 atom stereocenters. The normalized spacial score (nSPS) is 11.5. The molecule has 0 saturated heterocycles. The van der Waals surface area contributed by atoms with Gasteiger partial charge in [0.2, 0.25) is 0 Å². The average Bonchev–Trinajstić information content (AvgIpc) is 3.13. The fraction of sp³-hybridized carbons (Fsp3) is 0. The lowest BCUT2D eigenvalue weighted by atomic mass is 9.83. The highest BCUT2D eigenvalue weighted by Gasteiger charge is 2.19. The zero-order valence-corrected chi connectivity index (χ0v) is 25.1. The number of nitrogens with zero attached hydrogens (tertiary/aromatic N) is 2. The summed E-state index contributed by atoms with van der Waals surface area (Å²) in [6, 6.07) is 54.7. The van der Waals surface area contributed by atoms with E-state index in [9.17, 15) is 0 Å². The van der Waals surface area contributed by atoms with Gasteiger partial charge in [0.1, 0.15) is 0 Å². The SMILES string of the molecule is c1ccc2ncc(-c3ccc(-c4c5ccccc5c(-c5cccc6cccc(-c7ccncc7)c56)c5ccccc45)cc3)cc2c1. The second-order valence-electron chi connectivity index (χ2n) is 11.8. The molecule has 0 N–H and O–H groups in total. The molecular formula is C44H28N2. The van der Waals surface area contributed by atoms with Gasteiger partial charge in [0.15, 0.2) is 0 Å². The van der Waals surface area contributed by atoms with Crippen molar-refractivity contribution in [1.29, 1.82) is 0 Å². The quantitative estimate of drug-likeness (QED) is 0.192. The van der Waals surface area contributed by atoms with Gasteiger partial charge in [-0.15, -0.1) is 0 Å². The van der Waals surface area contributed by atoms with Crippen molar-refractivity contribution < 1.29 is 0 Å². The predicted octanol–water partition coefficient (Wildman–Crippen LogP) is 11.8. The van der Waals surface area contributed by atoms with Crippen LogP contribution in [0.5, 0.6) is 0 Å².